The Morgan fingerprint density at radius 1 is 1.38 bits per heavy atom. The highest BCUT2D eigenvalue weighted by Gasteiger charge is 2.28. The largest absolute Gasteiger partial charge is 0.485 e. The van der Waals surface area contributed by atoms with Gasteiger partial charge in [0.15, 0.2) is 11.6 Å². The van der Waals surface area contributed by atoms with E-state index >= 15 is 0 Å². The first kappa shape index (κ1) is 16.3. The minimum Gasteiger partial charge on any atom is -0.485 e. The lowest BCUT2D eigenvalue weighted by atomic mass is 10.3. The van der Waals surface area contributed by atoms with Gasteiger partial charge in [0.2, 0.25) is 5.91 Å². The molecule has 7 nitrogen and oxygen atoms in total. The molecule has 1 amide bonds. The van der Waals surface area contributed by atoms with Crippen LogP contribution in [0.4, 0.5) is 5.82 Å². The van der Waals surface area contributed by atoms with Crippen LogP contribution in [0.25, 0.3) is 0 Å². The number of ether oxygens (including phenoxy) is 1. The van der Waals surface area contributed by atoms with Crippen molar-refractivity contribution in [3.8, 4) is 5.75 Å². The quantitative estimate of drug-likeness (QED) is 0.802. The van der Waals surface area contributed by atoms with Gasteiger partial charge in [-0.25, -0.2) is 4.98 Å². The first-order valence-electron chi connectivity index (χ1n) is 8.17. The molecule has 7 heteroatoms. The van der Waals surface area contributed by atoms with Crippen molar-refractivity contribution < 1.29 is 9.53 Å². The second-order valence-corrected chi connectivity index (χ2v) is 6.11. The van der Waals surface area contributed by atoms with E-state index in [2.05, 4.69) is 10.1 Å². The number of pyridine rings is 1. The number of aryl methyl sites for hydroxylation is 1. The summed E-state index contributed by atoms with van der Waals surface area (Å²) in [5.74, 6) is 1.72. The lowest BCUT2D eigenvalue weighted by Crippen LogP contribution is -2.31. The van der Waals surface area contributed by atoms with Crippen LogP contribution in [-0.4, -0.2) is 58.9 Å². The fraction of sp³-hybridized carbons (Fsp3) is 0.471. The number of carbonyl (C=O) groups excluding carboxylic acids is 1. The number of nitrogens with zero attached hydrogens (tertiary/aromatic N) is 5. The molecule has 3 rings (SSSR count). The van der Waals surface area contributed by atoms with Gasteiger partial charge >= 0.3 is 0 Å². The fourth-order valence-electron chi connectivity index (χ4n) is 2.84. The predicted molar refractivity (Wildman–Crippen MR) is 91.0 cm³/mol. The first-order valence-corrected chi connectivity index (χ1v) is 8.17. The van der Waals surface area contributed by atoms with Crippen molar-refractivity contribution in [1.82, 2.24) is 19.7 Å². The smallest absolute Gasteiger partial charge is 0.224 e. The van der Waals surface area contributed by atoms with E-state index in [1.807, 2.05) is 48.3 Å². The number of anilines is 1. The van der Waals surface area contributed by atoms with Gasteiger partial charge in [-0.3, -0.25) is 9.48 Å². The molecule has 3 heterocycles. The second-order valence-electron chi connectivity index (χ2n) is 6.11. The molecule has 0 saturated carbocycles. The third kappa shape index (κ3) is 3.84. The van der Waals surface area contributed by atoms with Gasteiger partial charge in [0, 0.05) is 58.6 Å². The van der Waals surface area contributed by atoms with E-state index in [1.54, 1.807) is 17.1 Å². The molecule has 1 saturated heterocycles. The summed E-state index contributed by atoms with van der Waals surface area (Å²) in [5, 5.41) is 4.12. The van der Waals surface area contributed by atoms with Crippen molar-refractivity contribution in [2.45, 2.75) is 25.5 Å². The van der Waals surface area contributed by atoms with Crippen molar-refractivity contribution >= 4 is 11.7 Å². The highest BCUT2D eigenvalue weighted by molar-refractivity contribution is 5.76. The summed E-state index contributed by atoms with van der Waals surface area (Å²) < 4.78 is 7.86. The zero-order chi connectivity index (χ0) is 16.9. The number of hydrogen-bond donors (Lipinski definition) is 0. The molecule has 1 unspecified atom stereocenters. The number of hydrogen-bond acceptors (Lipinski definition) is 5. The molecule has 1 aliphatic heterocycles. The van der Waals surface area contributed by atoms with Crippen LogP contribution in [0.5, 0.6) is 5.75 Å². The summed E-state index contributed by atoms with van der Waals surface area (Å²) in [4.78, 5) is 20.5. The second kappa shape index (κ2) is 7.33. The Morgan fingerprint density at radius 3 is 3.00 bits per heavy atom. The molecule has 1 atom stereocenters. The van der Waals surface area contributed by atoms with Crippen LogP contribution in [-0.2, 0) is 11.3 Å². The van der Waals surface area contributed by atoms with E-state index in [-0.39, 0.29) is 12.0 Å². The average molecular weight is 329 g/mol. The van der Waals surface area contributed by atoms with Gasteiger partial charge in [-0.15, -0.1) is 0 Å². The normalized spacial score (nSPS) is 17.1. The molecule has 0 aliphatic carbocycles. The monoisotopic (exact) mass is 329 g/mol. The van der Waals surface area contributed by atoms with Gasteiger partial charge in [-0.05, 0) is 18.2 Å². The summed E-state index contributed by atoms with van der Waals surface area (Å²) in [7, 11) is 3.88. The number of aromatic nitrogens is 3. The maximum atomic E-state index is 12.3. The third-order valence-corrected chi connectivity index (χ3v) is 4.08. The molecule has 0 aromatic carbocycles. The molecule has 1 aliphatic rings. The minimum atomic E-state index is 0.0153. The Hall–Kier alpha value is -2.57. The van der Waals surface area contributed by atoms with E-state index < -0.39 is 0 Å². The van der Waals surface area contributed by atoms with Crippen LogP contribution in [0, 0.1) is 0 Å². The molecule has 2 aromatic heterocycles. The molecule has 0 radical (unpaired) electrons. The Balaban J connectivity index is 1.53. The van der Waals surface area contributed by atoms with Crippen molar-refractivity contribution in [1.29, 1.82) is 0 Å². The zero-order valence-corrected chi connectivity index (χ0v) is 14.1. The van der Waals surface area contributed by atoms with E-state index in [0.717, 1.165) is 24.5 Å². The molecular formula is C17H23N5O2. The summed E-state index contributed by atoms with van der Waals surface area (Å²) in [6.07, 6.45) is 6.66. The standard InChI is InChI=1S/C17H23N5O2/c1-20(2)17-15(5-3-8-18-17)24-14-6-11-21(13-14)16(23)7-12-22-10-4-9-19-22/h3-5,8-10,14H,6-7,11-13H2,1-2H3. The number of carbonyl (C=O) groups is 1. The van der Waals surface area contributed by atoms with E-state index in [4.69, 9.17) is 4.74 Å². The van der Waals surface area contributed by atoms with Crippen molar-refractivity contribution in [3.63, 3.8) is 0 Å². The van der Waals surface area contributed by atoms with Gasteiger partial charge in [-0.1, -0.05) is 0 Å². The van der Waals surface area contributed by atoms with Crippen LogP contribution in [0.15, 0.2) is 36.8 Å². The lowest BCUT2D eigenvalue weighted by molar-refractivity contribution is -0.130. The summed E-state index contributed by atoms with van der Waals surface area (Å²) in [5.41, 5.74) is 0. The van der Waals surface area contributed by atoms with Gasteiger partial charge in [0.05, 0.1) is 6.54 Å². The SMILES string of the molecule is CN(C)c1ncccc1OC1CCN(C(=O)CCn2cccn2)C1. The molecule has 24 heavy (non-hydrogen) atoms. The van der Waals surface area contributed by atoms with Crippen LogP contribution in [0.3, 0.4) is 0 Å². The molecule has 1 fully saturated rings. The highest BCUT2D eigenvalue weighted by atomic mass is 16.5. The van der Waals surface area contributed by atoms with Gasteiger partial charge < -0.3 is 14.5 Å². The topological polar surface area (TPSA) is 63.5 Å². The maximum absolute atomic E-state index is 12.3. The Labute approximate surface area is 141 Å². The van der Waals surface area contributed by atoms with Crippen LogP contribution in [0.2, 0.25) is 0 Å². The average Bonchev–Trinajstić information content (AvgIpc) is 3.24. The summed E-state index contributed by atoms with van der Waals surface area (Å²) in [6, 6.07) is 5.65. The Morgan fingerprint density at radius 2 is 2.25 bits per heavy atom. The van der Waals surface area contributed by atoms with Gasteiger partial charge in [0.1, 0.15) is 6.10 Å². The molecule has 0 bridgehead atoms. The van der Waals surface area contributed by atoms with Crippen LogP contribution in [0.1, 0.15) is 12.8 Å². The molecule has 0 spiro atoms. The highest BCUT2D eigenvalue weighted by Crippen LogP contribution is 2.26. The molecular weight excluding hydrogens is 306 g/mol. The fourth-order valence-corrected chi connectivity index (χ4v) is 2.84. The number of amides is 1. The first-order chi connectivity index (χ1) is 11.6. The summed E-state index contributed by atoms with van der Waals surface area (Å²) >= 11 is 0. The zero-order valence-electron chi connectivity index (χ0n) is 14.1. The van der Waals surface area contributed by atoms with Crippen molar-refractivity contribution in [3.05, 3.63) is 36.8 Å². The maximum Gasteiger partial charge on any atom is 0.224 e. The number of rotatable bonds is 6. The minimum absolute atomic E-state index is 0.0153. The van der Waals surface area contributed by atoms with Crippen molar-refractivity contribution in [2.24, 2.45) is 0 Å². The van der Waals surface area contributed by atoms with Crippen LogP contribution >= 0.6 is 0 Å². The van der Waals surface area contributed by atoms with Crippen LogP contribution < -0.4 is 9.64 Å². The Bertz CT molecular complexity index is 671. The summed E-state index contributed by atoms with van der Waals surface area (Å²) in [6.45, 7) is 1.97. The molecule has 128 valence electrons. The van der Waals surface area contributed by atoms with E-state index in [9.17, 15) is 4.79 Å². The molecule has 2 aromatic rings. The Kier molecular flexibility index (Phi) is 4.98. The third-order valence-electron chi connectivity index (χ3n) is 4.08. The predicted octanol–water partition coefficient (Wildman–Crippen LogP) is 1.41. The van der Waals surface area contributed by atoms with Gasteiger partial charge in [-0.2, -0.15) is 5.10 Å². The molecule has 0 N–H and O–H groups in total. The number of likely N-dealkylation sites (tertiary alicyclic amines) is 1. The lowest BCUT2D eigenvalue weighted by Gasteiger charge is -2.20. The van der Waals surface area contributed by atoms with E-state index in [0.29, 0.717) is 19.5 Å². The van der Waals surface area contributed by atoms with Gasteiger partial charge in [0.25, 0.3) is 0 Å². The van der Waals surface area contributed by atoms with E-state index in [1.165, 1.54) is 0 Å². The van der Waals surface area contributed by atoms with Crippen molar-refractivity contribution in [2.75, 3.05) is 32.1 Å².